The maximum atomic E-state index is 12.0. The molecule has 0 spiro atoms. The van der Waals surface area contributed by atoms with Crippen LogP contribution in [0.1, 0.15) is 13.8 Å². The largest absolute Gasteiger partial charge is 0.332 e. The fraction of sp³-hybridized carbons (Fsp3) is 0.583. The number of nitrogens with zero attached hydrogens (tertiary/aromatic N) is 3. The van der Waals surface area contributed by atoms with Crippen molar-refractivity contribution in [3.63, 3.8) is 0 Å². The van der Waals surface area contributed by atoms with Gasteiger partial charge in [-0.3, -0.25) is 10.1 Å². The smallest absolute Gasteiger partial charge is 0.325 e. The van der Waals surface area contributed by atoms with Crippen LogP contribution in [0.2, 0.25) is 0 Å². The van der Waals surface area contributed by atoms with Crippen LogP contribution in [0, 0.1) is 0 Å². The Hall–Kier alpha value is -1.50. The predicted molar refractivity (Wildman–Crippen MR) is 76.0 cm³/mol. The number of nitrogens with one attached hydrogen (secondary N) is 1. The maximum absolute atomic E-state index is 12.0. The van der Waals surface area contributed by atoms with Crippen LogP contribution >= 0.6 is 11.8 Å². The topological polar surface area (TPSA) is 65.0 Å². The van der Waals surface area contributed by atoms with Crippen LogP contribution in [0.3, 0.4) is 0 Å². The van der Waals surface area contributed by atoms with Crippen LogP contribution in [0.15, 0.2) is 17.1 Å². The summed E-state index contributed by atoms with van der Waals surface area (Å²) in [6, 6.07) is -0.809. The van der Waals surface area contributed by atoms with Crippen molar-refractivity contribution in [3.8, 4) is 0 Å². The second-order valence-corrected chi connectivity index (χ2v) is 5.56. The second kappa shape index (κ2) is 5.64. The van der Waals surface area contributed by atoms with Crippen molar-refractivity contribution in [1.29, 1.82) is 0 Å². The van der Waals surface area contributed by atoms with Crippen LogP contribution in [0.4, 0.5) is 4.79 Å². The summed E-state index contributed by atoms with van der Waals surface area (Å²) in [7, 11) is 1.66. The average molecular weight is 282 g/mol. The Morgan fingerprint density at radius 2 is 2.21 bits per heavy atom. The lowest BCUT2D eigenvalue weighted by Gasteiger charge is -2.35. The van der Waals surface area contributed by atoms with Crippen LogP contribution in [0.5, 0.6) is 0 Å². The van der Waals surface area contributed by atoms with Crippen molar-refractivity contribution in [2.24, 2.45) is 4.99 Å². The van der Waals surface area contributed by atoms with E-state index in [0.29, 0.717) is 6.54 Å². The van der Waals surface area contributed by atoms with Gasteiger partial charge in [-0.25, -0.2) is 9.79 Å². The molecule has 0 aromatic carbocycles. The minimum absolute atomic E-state index is 0.270. The number of allylic oxidation sites excluding steroid dienone is 1. The molecule has 2 unspecified atom stereocenters. The number of thioether (sulfide) groups is 1. The van der Waals surface area contributed by atoms with E-state index < -0.39 is 12.2 Å². The molecule has 3 amide bonds. The van der Waals surface area contributed by atoms with E-state index in [1.165, 1.54) is 4.90 Å². The molecule has 2 atom stereocenters. The van der Waals surface area contributed by atoms with Gasteiger partial charge in [0.15, 0.2) is 17.4 Å². The van der Waals surface area contributed by atoms with Crippen molar-refractivity contribution in [2.75, 3.05) is 19.3 Å². The van der Waals surface area contributed by atoms with Gasteiger partial charge in [-0.1, -0.05) is 30.8 Å². The molecule has 0 bridgehead atoms. The molecule has 2 aliphatic heterocycles. The minimum atomic E-state index is -0.423. The van der Waals surface area contributed by atoms with Crippen LogP contribution in [-0.4, -0.2) is 58.5 Å². The van der Waals surface area contributed by atoms with E-state index in [9.17, 15) is 9.59 Å². The van der Waals surface area contributed by atoms with Crippen molar-refractivity contribution in [2.45, 2.75) is 26.1 Å². The zero-order valence-corrected chi connectivity index (χ0v) is 12.1. The number of urea groups is 1. The monoisotopic (exact) mass is 282 g/mol. The van der Waals surface area contributed by atoms with Gasteiger partial charge in [0.1, 0.15) is 0 Å². The quantitative estimate of drug-likeness (QED) is 0.780. The van der Waals surface area contributed by atoms with Gasteiger partial charge in [-0.2, -0.15) is 0 Å². The van der Waals surface area contributed by atoms with Crippen molar-refractivity contribution in [3.05, 3.63) is 12.2 Å². The fourth-order valence-electron chi connectivity index (χ4n) is 2.16. The van der Waals surface area contributed by atoms with Gasteiger partial charge in [0.05, 0.1) is 0 Å². The third kappa shape index (κ3) is 2.47. The van der Waals surface area contributed by atoms with Crippen LogP contribution in [-0.2, 0) is 4.79 Å². The molecular formula is C12H18N4O2S. The van der Waals surface area contributed by atoms with Gasteiger partial charge < -0.3 is 9.80 Å². The second-order valence-electron chi connectivity index (χ2n) is 4.33. The number of carbonyl (C=O) groups excluding carboxylic acids is 2. The first kappa shape index (κ1) is 13.9. The number of likely N-dealkylation sites (N-methyl/N-ethyl adjacent to an activating group) is 1. The van der Waals surface area contributed by atoms with Crippen molar-refractivity contribution < 1.29 is 9.59 Å². The summed E-state index contributed by atoms with van der Waals surface area (Å²) >= 11 is 1.59. The first-order valence-electron chi connectivity index (χ1n) is 6.26. The Kier molecular flexibility index (Phi) is 4.14. The lowest BCUT2D eigenvalue weighted by atomic mass is 10.1. The third-order valence-electron chi connectivity index (χ3n) is 3.13. The highest BCUT2D eigenvalue weighted by molar-refractivity contribution is 8.13. The van der Waals surface area contributed by atoms with Gasteiger partial charge in [-0.15, -0.1) is 0 Å². The molecule has 0 saturated carbocycles. The van der Waals surface area contributed by atoms with E-state index in [2.05, 4.69) is 10.3 Å². The molecule has 0 radical (unpaired) electrons. The van der Waals surface area contributed by atoms with E-state index in [4.69, 9.17) is 0 Å². The number of fused-ring (bicyclic) bond motifs is 1. The molecule has 7 heteroatoms. The Labute approximate surface area is 116 Å². The lowest BCUT2D eigenvalue weighted by molar-refractivity contribution is -0.126. The standard InChI is InChI=1S/C12H18N4O2S/c1-4-6-7-16-8-9(13-12(16)19-5-2)15(3)11(18)14-10(8)17/h4,6,8-9H,5,7H2,1-3H3,(H,14,17,18)/b6-4+. The Morgan fingerprint density at radius 1 is 1.47 bits per heavy atom. The molecule has 0 aliphatic carbocycles. The summed E-state index contributed by atoms with van der Waals surface area (Å²) in [6.45, 7) is 4.60. The summed E-state index contributed by atoms with van der Waals surface area (Å²) in [5, 5.41) is 3.20. The first-order valence-corrected chi connectivity index (χ1v) is 7.24. The zero-order chi connectivity index (χ0) is 14.0. The highest BCUT2D eigenvalue weighted by Gasteiger charge is 2.48. The molecule has 1 N–H and O–H groups in total. The fourth-order valence-corrected chi connectivity index (χ4v) is 2.96. The number of hydrogen-bond donors (Lipinski definition) is 1. The van der Waals surface area contributed by atoms with Gasteiger partial charge in [0.25, 0.3) is 5.91 Å². The van der Waals surface area contributed by atoms with Crippen molar-refractivity contribution >= 4 is 28.9 Å². The minimum Gasteiger partial charge on any atom is -0.332 e. The van der Waals surface area contributed by atoms with E-state index in [-0.39, 0.29) is 11.9 Å². The summed E-state index contributed by atoms with van der Waals surface area (Å²) in [5.74, 6) is 0.609. The first-order chi connectivity index (χ1) is 9.10. The van der Waals surface area contributed by atoms with Gasteiger partial charge in [-0.05, 0) is 12.7 Å². The lowest BCUT2D eigenvalue weighted by Crippen LogP contribution is -2.63. The van der Waals surface area contributed by atoms with Crippen LogP contribution in [0.25, 0.3) is 0 Å². The molecule has 19 heavy (non-hydrogen) atoms. The van der Waals surface area contributed by atoms with Gasteiger partial charge >= 0.3 is 6.03 Å². The van der Waals surface area contributed by atoms with Crippen LogP contribution < -0.4 is 5.32 Å². The Morgan fingerprint density at radius 3 is 2.84 bits per heavy atom. The zero-order valence-electron chi connectivity index (χ0n) is 11.3. The molecule has 0 aromatic rings. The molecule has 0 aromatic heterocycles. The number of amidine groups is 1. The van der Waals surface area contributed by atoms with E-state index in [1.807, 2.05) is 30.9 Å². The molecule has 6 nitrogen and oxygen atoms in total. The Balaban J connectivity index is 2.29. The summed E-state index contributed by atoms with van der Waals surface area (Å²) in [6.07, 6.45) is 3.51. The molecule has 2 aliphatic rings. The summed E-state index contributed by atoms with van der Waals surface area (Å²) < 4.78 is 0. The number of imide groups is 1. The van der Waals surface area contributed by atoms with E-state index in [1.54, 1.807) is 18.8 Å². The van der Waals surface area contributed by atoms with Gasteiger partial charge in [0, 0.05) is 13.6 Å². The van der Waals surface area contributed by atoms with E-state index in [0.717, 1.165) is 10.9 Å². The number of carbonyl (C=O) groups is 2. The number of hydrogen-bond acceptors (Lipinski definition) is 5. The normalized spacial score (nSPS) is 26.8. The number of aliphatic imine (C=N–C) groups is 1. The molecule has 104 valence electrons. The average Bonchev–Trinajstić information content (AvgIpc) is 2.73. The highest BCUT2D eigenvalue weighted by atomic mass is 32.2. The highest BCUT2D eigenvalue weighted by Crippen LogP contribution is 2.28. The molecular weight excluding hydrogens is 264 g/mol. The molecule has 2 rings (SSSR count). The molecule has 2 heterocycles. The predicted octanol–water partition coefficient (Wildman–Crippen LogP) is 0.864. The summed E-state index contributed by atoms with van der Waals surface area (Å²) in [4.78, 5) is 31.6. The number of amides is 3. The van der Waals surface area contributed by atoms with Crippen molar-refractivity contribution in [1.82, 2.24) is 15.1 Å². The SMILES string of the molecule is C/C=C/CN1C(SCC)=NC2C1C(=O)NC(=O)N2C. The number of rotatable bonds is 3. The van der Waals surface area contributed by atoms with E-state index >= 15 is 0 Å². The summed E-state index contributed by atoms with van der Waals surface area (Å²) in [5.41, 5.74) is 0. The molecule has 1 fully saturated rings. The Bertz CT molecular complexity index is 449. The van der Waals surface area contributed by atoms with Gasteiger partial charge in [0.2, 0.25) is 0 Å². The molecule has 1 saturated heterocycles. The third-order valence-corrected chi connectivity index (χ3v) is 4.02. The maximum Gasteiger partial charge on any atom is 0.325 e.